The molecule has 0 heterocycles. The smallest absolute Gasteiger partial charge is 0.0490 e. The maximum Gasteiger partial charge on any atom is 0.0490 e. The quantitative estimate of drug-likeness (QED) is 0.672. The van der Waals surface area contributed by atoms with Crippen molar-refractivity contribution in [2.45, 2.75) is 51.9 Å². The van der Waals surface area contributed by atoms with Gasteiger partial charge in [0.1, 0.15) is 0 Å². The molecule has 20 heavy (non-hydrogen) atoms. The Bertz CT molecular complexity index is 351. The van der Waals surface area contributed by atoms with E-state index in [1.807, 2.05) is 7.11 Å². The molecule has 0 bridgehead atoms. The molecule has 1 nitrogen and oxygen atoms in total. The van der Waals surface area contributed by atoms with Gasteiger partial charge in [-0.2, -0.15) is 0 Å². The Morgan fingerprint density at radius 1 is 1.10 bits per heavy atom. The largest absolute Gasteiger partial charge is 0.384 e. The molecular weight excluding hydrogens is 244 g/mol. The van der Waals surface area contributed by atoms with E-state index in [2.05, 4.69) is 37.3 Å². The molecule has 1 aromatic carbocycles. The fourth-order valence-electron chi connectivity index (χ4n) is 3.67. The first-order chi connectivity index (χ1) is 9.79. The summed E-state index contributed by atoms with van der Waals surface area (Å²) in [6.07, 6.45) is 9.55. The van der Waals surface area contributed by atoms with Gasteiger partial charge < -0.3 is 4.74 Å². The SMILES string of the molecule is COCC1CCC(C(C)CCCc2ccccc2)CC1. The molecule has 1 saturated carbocycles. The highest BCUT2D eigenvalue weighted by atomic mass is 16.5. The van der Waals surface area contributed by atoms with Gasteiger partial charge in [-0.25, -0.2) is 0 Å². The highest BCUT2D eigenvalue weighted by molar-refractivity contribution is 5.14. The molecule has 0 N–H and O–H groups in total. The zero-order valence-corrected chi connectivity index (χ0v) is 13.2. The van der Waals surface area contributed by atoms with Crippen LogP contribution in [0, 0.1) is 17.8 Å². The lowest BCUT2D eigenvalue weighted by Crippen LogP contribution is -2.22. The zero-order chi connectivity index (χ0) is 14.2. The molecule has 0 saturated heterocycles. The van der Waals surface area contributed by atoms with Gasteiger partial charge in [0.25, 0.3) is 0 Å². The maximum absolute atomic E-state index is 5.29. The molecular formula is C19H30O. The predicted octanol–water partition coefficient (Wildman–Crippen LogP) is 5.10. The van der Waals surface area contributed by atoms with Crippen molar-refractivity contribution in [3.05, 3.63) is 35.9 Å². The summed E-state index contributed by atoms with van der Waals surface area (Å²) < 4.78 is 5.29. The summed E-state index contributed by atoms with van der Waals surface area (Å²) in [6.45, 7) is 3.43. The first-order valence-corrected chi connectivity index (χ1v) is 8.32. The minimum atomic E-state index is 0.827. The summed E-state index contributed by atoms with van der Waals surface area (Å²) in [4.78, 5) is 0. The van der Waals surface area contributed by atoms with E-state index in [0.29, 0.717) is 0 Å². The van der Waals surface area contributed by atoms with Gasteiger partial charge in [0, 0.05) is 13.7 Å². The normalized spacial score (nSPS) is 24.5. The Labute approximate surface area is 124 Å². The van der Waals surface area contributed by atoms with Crippen LogP contribution in [0.4, 0.5) is 0 Å². The standard InChI is InChI=1S/C19H30O/c1-16(7-6-10-17-8-4-3-5-9-17)19-13-11-18(12-14-19)15-20-2/h3-5,8-9,16,18-19H,6-7,10-15H2,1-2H3. The highest BCUT2D eigenvalue weighted by Gasteiger charge is 2.24. The molecule has 1 heteroatoms. The molecule has 112 valence electrons. The van der Waals surface area contributed by atoms with Crippen LogP contribution in [0.15, 0.2) is 30.3 Å². The van der Waals surface area contributed by atoms with Crippen molar-refractivity contribution in [2.24, 2.45) is 17.8 Å². The number of methoxy groups -OCH3 is 1. The summed E-state index contributed by atoms with van der Waals surface area (Å²) in [5, 5.41) is 0. The van der Waals surface area contributed by atoms with Gasteiger partial charge in [0.2, 0.25) is 0 Å². The van der Waals surface area contributed by atoms with Crippen molar-refractivity contribution >= 4 is 0 Å². The average molecular weight is 274 g/mol. The lowest BCUT2D eigenvalue weighted by Gasteiger charge is -2.32. The predicted molar refractivity (Wildman–Crippen MR) is 85.9 cm³/mol. The maximum atomic E-state index is 5.29. The first-order valence-electron chi connectivity index (χ1n) is 8.32. The van der Waals surface area contributed by atoms with E-state index < -0.39 is 0 Å². The summed E-state index contributed by atoms with van der Waals surface area (Å²) in [6, 6.07) is 10.9. The minimum Gasteiger partial charge on any atom is -0.384 e. The number of ether oxygens (including phenoxy) is 1. The van der Waals surface area contributed by atoms with Crippen LogP contribution in [0.3, 0.4) is 0 Å². The number of rotatable bonds is 7. The third-order valence-electron chi connectivity index (χ3n) is 5.07. The van der Waals surface area contributed by atoms with Gasteiger partial charge in [-0.3, -0.25) is 0 Å². The molecule has 1 atom stereocenters. The van der Waals surface area contributed by atoms with Crippen LogP contribution < -0.4 is 0 Å². The van der Waals surface area contributed by atoms with Gasteiger partial charge in [-0.05, 0) is 61.8 Å². The summed E-state index contributed by atoms with van der Waals surface area (Å²) in [7, 11) is 1.83. The number of hydrogen-bond donors (Lipinski definition) is 0. The molecule has 0 aromatic heterocycles. The molecule has 1 aromatic rings. The third kappa shape index (κ3) is 4.94. The summed E-state index contributed by atoms with van der Waals surface area (Å²) in [5.41, 5.74) is 1.49. The van der Waals surface area contributed by atoms with Gasteiger partial charge in [0.15, 0.2) is 0 Å². The van der Waals surface area contributed by atoms with E-state index in [0.717, 1.165) is 24.4 Å². The minimum absolute atomic E-state index is 0.827. The van der Waals surface area contributed by atoms with Crippen molar-refractivity contribution < 1.29 is 4.74 Å². The van der Waals surface area contributed by atoms with Gasteiger partial charge in [-0.15, -0.1) is 0 Å². The Morgan fingerprint density at radius 2 is 1.80 bits per heavy atom. The van der Waals surface area contributed by atoms with Gasteiger partial charge >= 0.3 is 0 Å². The second kappa shape index (κ2) is 8.46. The van der Waals surface area contributed by atoms with Crippen LogP contribution in [-0.2, 0) is 11.2 Å². The van der Waals surface area contributed by atoms with Crippen LogP contribution in [0.25, 0.3) is 0 Å². The monoisotopic (exact) mass is 274 g/mol. The van der Waals surface area contributed by atoms with Gasteiger partial charge in [0.05, 0.1) is 0 Å². The van der Waals surface area contributed by atoms with Crippen molar-refractivity contribution in [2.75, 3.05) is 13.7 Å². The Morgan fingerprint density at radius 3 is 2.45 bits per heavy atom. The summed E-state index contributed by atoms with van der Waals surface area (Å²) in [5.74, 6) is 2.67. The molecule has 0 aliphatic heterocycles. The number of benzene rings is 1. The Kier molecular flexibility index (Phi) is 6.59. The Balaban J connectivity index is 1.64. The van der Waals surface area contributed by atoms with E-state index in [9.17, 15) is 0 Å². The lowest BCUT2D eigenvalue weighted by molar-refractivity contribution is 0.107. The van der Waals surface area contributed by atoms with E-state index in [-0.39, 0.29) is 0 Å². The average Bonchev–Trinajstić information content (AvgIpc) is 2.49. The van der Waals surface area contributed by atoms with E-state index in [1.54, 1.807) is 0 Å². The van der Waals surface area contributed by atoms with E-state index in [1.165, 1.54) is 50.5 Å². The second-order valence-electron chi connectivity index (χ2n) is 6.59. The third-order valence-corrected chi connectivity index (χ3v) is 5.07. The molecule has 1 aliphatic carbocycles. The molecule has 1 unspecified atom stereocenters. The first kappa shape index (κ1) is 15.6. The second-order valence-corrected chi connectivity index (χ2v) is 6.59. The van der Waals surface area contributed by atoms with Crippen LogP contribution in [0.2, 0.25) is 0 Å². The lowest BCUT2D eigenvalue weighted by atomic mass is 9.75. The van der Waals surface area contributed by atoms with Gasteiger partial charge in [-0.1, -0.05) is 43.7 Å². The number of hydrogen-bond acceptors (Lipinski definition) is 1. The molecule has 0 spiro atoms. The van der Waals surface area contributed by atoms with Crippen molar-refractivity contribution in [1.29, 1.82) is 0 Å². The molecule has 0 radical (unpaired) electrons. The molecule has 0 amide bonds. The fraction of sp³-hybridized carbons (Fsp3) is 0.684. The van der Waals surface area contributed by atoms with Crippen LogP contribution >= 0.6 is 0 Å². The summed E-state index contributed by atoms with van der Waals surface area (Å²) >= 11 is 0. The van der Waals surface area contributed by atoms with E-state index >= 15 is 0 Å². The van der Waals surface area contributed by atoms with Crippen molar-refractivity contribution in [3.8, 4) is 0 Å². The van der Waals surface area contributed by atoms with Crippen molar-refractivity contribution in [1.82, 2.24) is 0 Å². The molecule has 1 aliphatic rings. The Hall–Kier alpha value is -0.820. The highest BCUT2D eigenvalue weighted by Crippen LogP contribution is 2.35. The number of aryl methyl sites for hydroxylation is 1. The fourth-order valence-corrected chi connectivity index (χ4v) is 3.67. The molecule has 1 fully saturated rings. The topological polar surface area (TPSA) is 9.23 Å². The zero-order valence-electron chi connectivity index (χ0n) is 13.2. The van der Waals surface area contributed by atoms with Crippen LogP contribution in [0.1, 0.15) is 51.0 Å². The molecule has 2 rings (SSSR count). The van der Waals surface area contributed by atoms with Crippen LogP contribution in [-0.4, -0.2) is 13.7 Å². The van der Waals surface area contributed by atoms with E-state index in [4.69, 9.17) is 4.74 Å². The van der Waals surface area contributed by atoms with Crippen molar-refractivity contribution in [3.63, 3.8) is 0 Å². The van der Waals surface area contributed by atoms with Crippen LogP contribution in [0.5, 0.6) is 0 Å².